The predicted octanol–water partition coefficient (Wildman–Crippen LogP) is 4.10. The van der Waals surface area contributed by atoms with Crippen molar-refractivity contribution in [2.45, 2.75) is 32.9 Å². The molecule has 2 aromatic heterocycles. The van der Waals surface area contributed by atoms with Crippen LogP contribution in [0.4, 0.5) is 11.4 Å². The Morgan fingerprint density at radius 2 is 2.03 bits per heavy atom. The van der Waals surface area contributed by atoms with Crippen LogP contribution in [-0.2, 0) is 9.53 Å². The molecule has 0 spiro atoms. The lowest BCUT2D eigenvalue weighted by Crippen LogP contribution is -2.29. The second kappa shape index (κ2) is 9.10. The summed E-state index contributed by atoms with van der Waals surface area (Å²) in [5, 5.41) is 7.00. The topological polar surface area (TPSA) is 82.3 Å². The monoisotopic (exact) mass is 449 g/mol. The minimum Gasteiger partial charge on any atom is -0.375 e. The highest BCUT2D eigenvalue weighted by molar-refractivity contribution is 7.80. The lowest BCUT2D eigenvalue weighted by Gasteiger charge is -2.28. The molecule has 8 heteroatoms. The summed E-state index contributed by atoms with van der Waals surface area (Å²) in [4.78, 5) is 22.1. The van der Waals surface area contributed by atoms with Gasteiger partial charge in [0.05, 0.1) is 17.8 Å². The summed E-state index contributed by atoms with van der Waals surface area (Å²) >= 11 is 5.80. The Hall–Kier alpha value is -3.23. The first-order valence-electron chi connectivity index (χ1n) is 10.4. The SMILES string of the molecule is COCC(=O)Nc1ccc(N2C(=S)N[C@@H](c3ccccn3)[C@@H]2c2cc(C)[nH]c2C)cc1C. The average molecular weight is 450 g/mol. The minimum absolute atomic E-state index is 0.0151. The van der Waals surface area contributed by atoms with Crippen molar-refractivity contribution in [2.24, 2.45) is 0 Å². The van der Waals surface area contributed by atoms with Crippen molar-refractivity contribution < 1.29 is 9.53 Å². The molecule has 3 heterocycles. The fourth-order valence-corrected chi connectivity index (χ4v) is 4.60. The number of carbonyl (C=O) groups excluding carboxylic acids is 1. The van der Waals surface area contributed by atoms with Crippen molar-refractivity contribution in [2.75, 3.05) is 23.9 Å². The fourth-order valence-electron chi connectivity index (χ4n) is 4.26. The molecule has 0 radical (unpaired) electrons. The van der Waals surface area contributed by atoms with E-state index in [-0.39, 0.29) is 24.6 Å². The number of hydrogen-bond donors (Lipinski definition) is 3. The molecule has 1 fully saturated rings. The average Bonchev–Trinajstić information content (AvgIpc) is 3.28. The van der Waals surface area contributed by atoms with E-state index in [0.29, 0.717) is 5.11 Å². The third kappa shape index (κ3) is 4.24. The number of aryl methyl sites for hydroxylation is 3. The van der Waals surface area contributed by atoms with Gasteiger partial charge in [0, 0.05) is 36.1 Å². The van der Waals surface area contributed by atoms with Gasteiger partial charge >= 0.3 is 0 Å². The van der Waals surface area contributed by atoms with Gasteiger partial charge in [-0.1, -0.05) is 6.07 Å². The molecule has 0 aliphatic carbocycles. The number of ether oxygens (including phenoxy) is 1. The van der Waals surface area contributed by atoms with Crippen LogP contribution in [0.5, 0.6) is 0 Å². The van der Waals surface area contributed by atoms with Gasteiger partial charge in [-0.15, -0.1) is 0 Å². The zero-order valence-corrected chi connectivity index (χ0v) is 19.4. The van der Waals surface area contributed by atoms with Crippen LogP contribution in [0, 0.1) is 20.8 Å². The lowest BCUT2D eigenvalue weighted by atomic mass is 9.96. The Kier molecular flexibility index (Phi) is 6.25. The van der Waals surface area contributed by atoms with Gasteiger partial charge in [-0.25, -0.2) is 0 Å². The van der Waals surface area contributed by atoms with Gasteiger partial charge < -0.3 is 25.3 Å². The number of H-pyrrole nitrogens is 1. The number of pyridine rings is 1. The van der Waals surface area contributed by atoms with Crippen molar-refractivity contribution in [3.63, 3.8) is 0 Å². The summed E-state index contributed by atoms with van der Waals surface area (Å²) in [6.07, 6.45) is 1.80. The summed E-state index contributed by atoms with van der Waals surface area (Å²) < 4.78 is 4.91. The number of hydrogen-bond acceptors (Lipinski definition) is 4. The molecule has 3 N–H and O–H groups in total. The van der Waals surface area contributed by atoms with Crippen molar-refractivity contribution in [3.05, 3.63) is 76.9 Å². The lowest BCUT2D eigenvalue weighted by molar-refractivity contribution is -0.119. The van der Waals surface area contributed by atoms with Crippen LogP contribution < -0.4 is 15.5 Å². The molecular formula is C24H27N5O2S. The molecule has 4 rings (SSSR count). The smallest absolute Gasteiger partial charge is 0.250 e. The van der Waals surface area contributed by atoms with Crippen LogP contribution in [0.3, 0.4) is 0 Å². The molecule has 32 heavy (non-hydrogen) atoms. The molecule has 0 unspecified atom stereocenters. The van der Waals surface area contributed by atoms with E-state index >= 15 is 0 Å². The molecule has 0 saturated carbocycles. The van der Waals surface area contributed by atoms with Crippen LogP contribution in [0.15, 0.2) is 48.7 Å². The summed E-state index contributed by atoms with van der Waals surface area (Å²) in [5.41, 5.74) is 6.94. The van der Waals surface area contributed by atoms with Crippen molar-refractivity contribution in [3.8, 4) is 0 Å². The quantitative estimate of drug-likeness (QED) is 0.492. The number of benzene rings is 1. The summed E-state index contributed by atoms with van der Waals surface area (Å²) in [5.74, 6) is -0.187. The number of nitrogens with one attached hydrogen (secondary N) is 3. The molecule has 2 atom stereocenters. The van der Waals surface area contributed by atoms with Crippen LogP contribution in [0.25, 0.3) is 0 Å². The standard InChI is InChI=1S/C24H27N5O2S/c1-14-11-17(8-9-19(14)27-21(30)13-31-4)29-23(18-12-15(2)26-16(18)3)22(28-24(29)32)20-7-5-6-10-25-20/h5-12,22-23,26H,13H2,1-4H3,(H,27,30)(H,28,32)/t22-,23-/m0/s1. The van der Waals surface area contributed by atoms with Gasteiger partial charge in [0.25, 0.3) is 0 Å². The molecule has 1 aliphatic heterocycles. The summed E-state index contributed by atoms with van der Waals surface area (Å²) in [7, 11) is 1.50. The molecule has 166 valence electrons. The molecule has 3 aromatic rings. The number of aromatic amines is 1. The first-order valence-corrected chi connectivity index (χ1v) is 10.9. The van der Waals surface area contributed by atoms with Gasteiger partial charge in [-0.05, 0) is 80.5 Å². The Balaban J connectivity index is 1.74. The van der Waals surface area contributed by atoms with Crippen molar-refractivity contribution in [1.29, 1.82) is 0 Å². The molecule has 7 nitrogen and oxygen atoms in total. The molecular weight excluding hydrogens is 422 g/mol. The van der Waals surface area contributed by atoms with E-state index in [0.717, 1.165) is 34.0 Å². The third-order valence-electron chi connectivity index (χ3n) is 5.64. The first kappa shape index (κ1) is 22.0. The highest BCUT2D eigenvalue weighted by atomic mass is 32.1. The van der Waals surface area contributed by atoms with Crippen LogP contribution in [0.1, 0.15) is 40.3 Å². The highest BCUT2D eigenvalue weighted by Gasteiger charge is 2.41. The van der Waals surface area contributed by atoms with Gasteiger partial charge in [-0.2, -0.15) is 0 Å². The zero-order chi connectivity index (χ0) is 22.8. The maximum Gasteiger partial charge on any atom is 0.250 e. The van der Waals surface area contributed by atoms with E-state index < -0.39 is 0 Å². The Morgan fingerprint density at radius 3 is 2.66 bits per heavy atom. The number of carbonyl (C=O) groups is 1. The maximum absolute atomic E-state index is 11.9. The molecule has 1 saturated heterocycles. The minimum atomic E-state index is -0.187. The largest absolute Gasteiger partial charge is 0.375 e. The van der Waals surface area contributed by atoms with Gasteiger partial charge in [0.15, 0.2) is 5.11 Å². The Morgan fingerprint density at radius 1 is 1.22 bits per heavy atom. The second-order valence-electron chi connectivity index (χ2n) is 8.01. The van der Waals surface area contributed by atoms with Crippen LogP contribution >= 0.6 is 12.2 Å². The predicted molar refractivity (Wildman–Crippen MR) is 130 cm³/mol. The molecule has 0 bridgehead atoms. The van der Waals surface area contributed by atoms with Crippen molar-refractivity contribution >= 4 is 34.6 Å². The third-order valence-corrected chi connectivity index (χ3v) is 5.96. The number of thiocarbonyl (C=S) groups is 1. The molecule has 1 aromatic carbocycles. The van der Waals surface area contributed by atoms with Crippen molar-refractivity contribution in [1.82, 2.24) is 15.3 Å². The van der Waals surface area contributed by atoms with Crippen LogP contribution in [-0.4, -0.2) is 34.7 Å². The highest BCUT2D eigenvalue weighted by Crippen LogP contribution is 2.43. The number of anilines is 2. The fraction of sp³-hybridized carbons (Fsp3) is 0.292. The first-order chi connectivity index (χ1) is 15.4. The Bertz CT molecular complexity index is 1140. The number of rotatable bonds is 6. The molecule has 1 amide bonds. The maximum atomic E-state index is 11.9. The number of amides is 1. The summed E-state index contributed by atoms with van der Waals surface area (Å²) in [6, 6.07) is 13.8. The Labute approximate surface area is 193 Å². The van der Waals surface area contributed by atoms with E-state index in [9.17, 15) is 4.79 Å². The zero-order valence-electron chi connectivity index (χ0n) is 18.6. The van der Waals surface area contributed by atoms with E-state index in [1.165, 1.54) is 12.7 Å². The van der Waals surface area contributed by atoms with Gasteiger partial charge in [0.1, 0.15) is 6.61 Å². The number of aromatic nitrogens is 2. The number of nitrogens with zero attached hydrogens (tertiary/aromatic N) is 2. The van der Waals surface area contributed by atoms with Crippen LogP contribution in [0.2, 0.25) is 0 Å². The second-order valence-corrected chi connectivity index (χ2v) is 8.40. The number of methoxy groups -OCH3 is 1. The summed E-state index contributed by atoms with van der Waals surface area (Å²) in [6.45, 7) is 6.12. The normalized spacial score (nSPS) is 18.0. The van der Waals surface area contributed by atoms with E-state index in [1.807, 2.05) is 43.3 Å². The molecule has 1 aliphatic rings. The van der Waals surface area contributed by atoms with Gasteiger partial charge in [-0.3, -0.25) is 9.78 Å². The van der Waals surface area contributed by atoms with E-state index in [4.69, 9.17) is 17.0 Å². The van der Waals surface area contributed by atoms with Gasteiger partial charge in [0.2, 0.25) is 5.91 Å². The van der Waals surface area contributed by atoms with E-state index in [1.54, 1.807) is 6.20 Å². The van der Waals surface area contributed by atoms with E-state index in [2.05, 4.69) is 45.4 Å².